The van der Waals surface area contributed by atoms with Crippen LogP contribution >= 0.6 is 11.3 Å². The quantitative estimate of drug-likeness (QED) is 0.531. The van der Waals surface area contributed by atoms with E-state index in [1.165, 1.54) is 0 Å². The SMILES string of the molecule is Cc1scc2c(=O)c3c(=O)n(-c4ccccc4)c(C(C)C)cc3n(C)c12. The normalized spacial score (nSPS) is 11.7. The van der Waals surface area contributed by atoms with Crippen LogP contribution < -0.4 is 11.0 Å². The number of hydrogen-bond acceptors (Lipinski definition) is 3. The van der Waals surface area contributed by atoms with Gasteiger partial charge in [0.15, 0.2) is 0 Å². The first-order chi connectivity index (χ1) is 12.4. The molecular formula is C21H20N2O2S. The lowest BCUT2D eigenvalue weighted by molar-refractivity contribution is 0.762. The monoisotopic (exact) mass is 364 g/mol. The van der Waals surface area contributed by atoms with Gasteiger partial charge in [-0.05, 0) is 31.0 Å². The average Bonchev–Trinajstić information content (AvgIpc) is 3.01. The predicted octanol–water partition coefficient (Wildman–Crippen LogP) is 4.34. The Morgan fingerprint density at radius 2 is 1.77 bits per heavy atom. The molecule has 3 heterocycles. The predicted molar refractivity (Wildman–Crippen MR) is 109 cm³/mol. The first-order valence-electron chi connectivity index (χ1n) is 8.63. The third-order valence-electron chi connectivity index (χ3n) is 4.93. The number of benzene rings is 1. The number of aryl methyl sites for hydroxylation is 2. The van der Waals surface area contributed by atoms with Crippen molar-refractivity contribution in [1.82, 2.24) is 9.13 Å². The van der Waals surface area contributed by atoms with E-state index in [1.54, 1.807) is 15.9 Å². The largest absolute Gasteiger partial charge is 0.342 e. The Morgan fingerprint density at radius 1 is 1.08 bits per heavy atom. The summed E-state index contributed by atoms with van der Waals surface area (Å²) in [5, 5.41) is 2.73. The minimum absolute atomic E-state index is 0.140. The van der Waals surface area contributed by atoms with Crippen molar-refractivity contribution in [3.63, 3.8) is 0 Å². The fraction of sp³-hybridized carbons (Fsp3) is 0.238. The molecular weight excluding hydrogens is 344 g/mol. The molecule has 0 saturated carbocycles. The van der Waals surface area contributed by atoms with Crippen LogP contribution in [0.1, 0.15) is 30.3 Å². The molecule has 0 spiro atoms. The van der Waals surface area contributed by atoms with Crippen molar-refractivity contribution in [3.05, 3.63) is 72.9 Å². The number of aromatic nitrogens is 2. The number of para-hydroxylation sites is 1. The third kappa shape index (κ3) is 2.27. The van der Waals surface area contributed by atoms with Crippen LogP contribution in [0, 0.1) is 6.92 Å². The molecule has 0 aliphatic heterocycles. The minimum atomic E-state index is -0.247. The van der Waals surface area contributed by atoms with Crippen LogP contribution in [0.5, 0.6) is 0 Å². The van der Waals surface area contributed by atoms with Crippen molar-refractivity contribution in [2.75, 3.05) is 0 Å². The molecule has 3 aromatic heterocycles. The number of rotatable bonds is 2. The zero-order chi connectivity index (χ0) is 18.6. The molecule has 1 aromatic carbocycles. The Kier molecular flexibility index (Phi) is 3.84. The minimum Gasteiger partial charge on any atom is -0.342 e. The van der Waals surface area contributed by atoms with E-state index in [4.69, 9.17) is 0 Å². The lowest BCUT2D eigenvalue weighted by atomic mass is 10.1. The molecule has 0 amide bonds. The maximum Gasteiger partial charge on any atom is 0.268 e. The van der Waals surface area contributed by atoms with E-state index in [-0.39, 0.29) is 22.3 Å². The number of fused-ring (bicyclic) bond motifs is 2. The van der Waals surface area contributed by atoms with Crippen molar-refractivity contribution < 1.29 is 0 Å². The van der Waals surface area contributed by atoms with Crippen LogP contribution in [0.2, 0.25) is 0 Å². The lowest BCUT2D eigenvalue weighted by Gasteiger charge is -2.18. The van der Waals surface area contributed by atoms with E-state index < -0.39 is 0 Å². The molecule has 0 atom stereocenters. The highest BCUT2D eigenvalue weighted by atomic mass is 32.1. The van der Waals surface area contributed by atoms with Gasteiger partial charge in [-0.15, -0.1) is 11.3 Å². The molecule has 26 heavy (non-hydrogen) atoms. The summed E-state index contributed by atoms with van der Waals surface area (Å²) in [6, 6.07) is 11.5. The van der Waals surface area contributed by atoms with Crippen molar-refractivity contribution in [1.29, 1.82) is 0 Å². The molecule has 0 fully saturated rings. The van der Waals surface area contributed by atoms with E-state index in [9.17, 15) is 9.59 Å². The average molecular weight is 364 g/mol. The Hall–Kier alpha value is -2.66. The summed E-state index contributed by atoms with van der Waals surface area (Å²) < 4.78 is 3.67. The molecule has 5 heteroatoms. The summed E-state index contributed by atoms with van der Waals surface area (Å²) in [6.45, 7) is 6.13. The second-order valence-electron chi connectivity index (χ2n) is 6.90. The fourth-order valence-corrected chi connectivity index (χ4v) is 4.52. The molecule has 0 aliphatic carbocycles. The second kappa shape index (κ2) is 5.95. The summed E-state index contributed by atoms with van der Waals surface area (Å²) in [5.74, 6) is 0.140. The summed E-state index contributed by atoms with van der Waals surface area (Å²) in [4.78, 5) is 27.6. The van der Waals surface area contributed by atoms with Gasteiger partial charge in [0.1, 0.15) is 5.39 Å². The Morgan fingerprint density at radius 3 is 2.42 bits per heavy atom. The van der Waals surface area contributed by atoms with E-state index >= 15 is 0 Å². The Balaban J connectivity index is 2.28. The van der Waals surface area contributed by atoms with Crippen molar-refractivity contribution in [3.8, 4) is 5.69 Å². The zero-order valence-corrected chi connectivity index (χ0v) is 16.1. The lowest BCUT2D eigenvalue weighted by Crippen LogP contribution is -2.28. The van der Waals surface area contributed by atoms with Crippen molar-refractivity contribution in [2.45, 2.75) is 26.7 Å². The molecule has 0 bridgehead atoms. The first-order valence-corrected chi connectivity index (χ1v) is 9.51. The van der Waals surface area contributed by atoms with E-state index in [0.29, 0.717) is 10.9 Å². The van der Waals surface area contributed by atoms with Crippen LogP contribution in [-0.2, 0) is 7.05 Å². The van der Waals surface area contributed by atoms with Crippen LogP contribution in [0.3, 0.4) is 0 Å². The first kappa shape index (κ1) is 16.8. The second-order valence-corrected chi connectivity index (χ2v) is 7.99. The van der Waals surface area contributed by atoms with Crippen molar-refractivity contribution >= 4 is 33.1 Å². The van der Waals surface area contributed by atoms with Crippen LogP contribution in [-0.4, -0.2) is 9.13 Å². The summed E-state index contributed by atoms with van der Waals surface area (Å²) >= 11 is 1.54. The Labute approximate surface area is 154 Å². The maximum absolute atomic E-state index is 13.4. The topological polar surface area (TPSA) is 44.0 Å². The molecule has 132 valence electrons. The molecule has 4 rings (SSSR count). The molecule has 0 saturated heterocycles. The molecule has 0 N–H and O–H groups in total. The standard InChI is InChI=1S/C21H20N2O2S/c1-12(2)16-10-17-18(21(25)23(16)14-8-6-5-7-9-14)20(24)15-11-26-13(3)19(15)22(17)4/h5-12H,1-4H3. The van der Waals surface area contributed by atoms with Gasteiger partial charge in [-0.25, -0.2) is 0 Å². The van der Waals surface area contributed by atoms with Gasteiger partial charge in [-0.3, -0.25) is 14.2 Å². The maximum atomic E-state index is 13.4. The summed E-state index contributed by atoms with van der Waals surface area (Å²) in [7, 11) is 1.93. The third-order valence-corrected chi connectivity index (χ3v) is 5.83. The highest BCUT2D eigenvalue weighted by Gasteiger charge is 2.20. The molecule has 0 unspecified atom stereocenters. The molecule has 4 nitrogen and oxygen atoms in total. The van der Waals surface area contributed by atoms with Crippen LogP contribution in [0.4, 0.5) is 0 Å². The molecule has 0 radical (unpaired) electrons. The van der Waals surface area contributed by atoms with E-state index in [1.807, 2.05) is 60.3 Å². The van der Waals surface area contributed by atoms with Gasteiger partial charge in [-0.1, -0.05) is 32.0 Å². The highest BCUT2D eigenvalue weighted by molar-refractivity contribution is 7.11. The van der Waals surface area contributed by atoms with Gasteiger partial charge in [0.05, 0.1) is 16.4 Å². The number of thiophene rings is 1. The molecule has 4 aromatic rings. The summed E-state index contributed by atoms with van der Waals surface area (Å²) in [5.41, 5.74) is 2.87. The van der Waals surface area contributed by atoms with E-state index in [0.717, 1.165) is 21.8 Å². The number of pyridine rings is 2. The van der Waals surface area contributed by atoms with Gasteiger partial charge in [-0.2, -0.15) is 0 Å². The zero-order valence-electron chi connectivity index (χ0n) is 15.2. The van der Waals surface area contributed by atoms with Crippen LogP contribution in [0.15, 0.2) is 51.4 Å². The fourth-order valence-electron chi connectivity index (χ4n) is 3.64. The smallest absolute Gasteiger partial charge is 0.268 e. The number of nitrogens with zero attached hydrogens (tertiary/aromatic N) is 2. The van der Waals surface area contributed by atoms with Gasteiger partial charge in [0.2, 0.25) is 5.43 Å². The van der Waals surface area contributed by atoms with Gasteiger partial charge in [0, 0.05) is 28.7 Å². The van der Waals surface area contributed by atoms with Gasteiger partial charge in [0.25, 0.3) is 5.56 Å². The van der Waals surface area contributed by atoms with Crippen LogP contribution in [0.25, 0.3) is 27.5 Å². The summed E-state index contributed by atoms with van der Waals surface area (Å²) in [6.07, 6.45) is 0. The van der Waals surface area contributed by atoms with Crippen molar-refractivity contribution in [2.24, 2.45) is 7.05 Å². The van der Waals surface area contributed by atoms with Gasteiger partial charge >= 0.3 is 0 Å². The number of hydrogen-bond donors (Lipinski definition) is 0. The molecule has 0 aliphatic rings. The Bertz CT molecular complexity index is 1260. The van der Waals surface area contributed by atoms with E-state index in [2.05, 4.69) is 13.8 Å². The highest BCUT2D eigenvalue weighted by Crippen LogP contribution is 2.27. The van der Waals surface area contributed by atoms with Gasteiger partial charge < -0.3 is 4.57 Å².